The molecule has 0 aromatic heterocycles. The van der Waals surface area contributed by atoms with Crippen molar-refractivity contribution in [2.45, 2.75) is 13.0 Å². The Kier molecular flexibility index (Phi) is 10.2. The monoisotopic (exact) mass is 238 g/mol. The van der Waals surface area contributed by atoms with E-state index >= 15 is 0 Å². The van der Waals surface area contributed by atoms with Crippen LogP contribution in [0.25, 0.3) is 0 Å². The Balaban J connectivity index is 3.19. The van der Waals surface area contributed by atoms with Gasteiger partial charge < -0.3 is 19.7 Å². The van der Waals surface area contributed by atoms with Gasteiger partial charge in [0.2, 0.25) is 0 Å². The minimum absolute atomic E-state index is 0.0603. The normalized spacial score (nSPS) is 13.3. The first-order valence-electron chi connectivity index (χ1n) is 4.93. The van der Waals surface area contributed by atoms with Gasteiger partial charge >= 0.3 is 5.97 Å². The van der Waals surface area contributed by atoms with E-state index in [1.165, 1.54) is 0 Å². The van der Waals surface area contributed by atoms with Crippen molar-refractivity contribution in [2.75, 3.05) is 38.8 Å². The molecule has 0 aliphatic rings. The van der Waals surface area contributed by atoms with Crippen molar-refractivity contribution < 1.29 is 24.5 Å². The number of ether oxygens (including phenoxy) is 2. The van der Waals surface area contributed by atoms with Crippen LogP contribution in [0.4, 0.5) is 0 Å². The van der Waals surface area contributed by atoms with Gasteiger partial charge in [-0.15, -0.1) is 8.58 Å². The highest BCUT2D eigenvalue weighted by atomic mass is 31.1. The fourth-order valence-electron chi connectivity index (χ4n) is 0.765. The molecule has 0 amide bonds. The first-order valence-corrected chi connectivity index (χ1v) is 6.35. The number of hydrogen-bond acceptors (Lipinski definition) is 5. The van der Waals surface area contributed by atoms with E-state index in [4.69, 9.17) is 19.7 Å². The summed E-state index contributed by atoms with van der Waals surface area (Å²) < 4.78 is 9.81. The van der Waals surface area contributed by atoms with Crippen LogP contribution in [0.2, 0.25) is 0 Å². The van der Waals surface area contributed by atoms with Gasteiger partial charge in [-0.05, 0) is 6.16 Å². The quantitative estimate of drug-likeness (QED) is 0.325. The van der Waals surface area contributed by atoms with Crippen molar-refractivity contribution >= 4 is 14.6 Å². The SMILES string of the molecule is CCPCC(=O)OCCOCC(O)CO. The molecule has 0 aliphatic heterocycles. The standard InChI is InChI=1S/C9H19O5P/c1-2-15-7-9(12)14-4-3-13-6-8(11)5-10/h8,10-11,15H,2-7H2,1H3. The molecule has 0 aromatic rings. The molecule has 2 N–H and O–H groups in total. The molecule has 0 aromatic carbocycles. The minimum Gasteiger partial charge on any atom is -0.463 e. The van der Waals surface area contributed by atoms with Gasteiger partial charge in [0.05, 0.1) is 26.0 Å². The van der Waals surface area contributed by atoms with Gasteiger partial charge in [0.1, 0.15) is 12.7 Å². The predicted molar refractivity (Wildman–Crippen MR) is 58.6 cm³/mol. The van der Waals surface area contributed by atoms with E-state index in [0.29, 0.717) is 14.7 Å². The summed E-state index contributed by atoms with van der Waals surface area (Å²) in [6, 6.07) is 0. The number of esters is 1. The molecule has 0 radical (unpaired) electrons. The second-order valence-electron chi connectivity index (χ2n) is 2.91. The number of aliphatic hydroxyl groups is 2. The van der Waals surface area contributed by atoms with Gasteiger partial charge in [-0.25, -0.2) is 0 Å². The largest absolute Gasteiger partial charge is 0.463 e. The minimum atomic E-state index is -0.859. The lowest BCUT2D eigenvalue weighted by Crippen LogP contribution is -2.21. The van der Waals surface area contributed by atoms with Crippen LogP contribution in [0.15, 0.2) is 0 Å². The van der Waals surface area contributed by atoms with Crippen LogP contribution in [0.1, 0.15) is 6.92 Å². The van der Waals surface area contributed by atoms with Gasteiger partial charge in [0.25, 0.3) is 0 Å². The molecule has 90 valence electrons. The lowest BCUT2D eigenvalue weighted by Gasteiger charge is -2.08. The second-order valence-corrected chi connectivity index (χ2v) is 4.47. The Labute approximate surface area is 91.6 Å². The summed E-state index contributed by atoms with van der Waals surface area (Å²) >= 11 is 0. The third kappa shape index (κ3) is 10.1. The first-order chi connectivity index (χ1) is 7.20. The Morgan fingerprint density at radius 1 is 1.47 bits per heavy atom. The van der Waals surface area contributed by atoms with Crippen LogP contribution >= 0.6 is 8.58 Å². The Hall–Kier alpha value is -0.220. The van der Waals surface area contributed by atoms with E-state index in [1.807, 2.05) is 6.92 Å². The number of hydrogen-bond donors (Lipinski definition) is 2. The zero-order chi connectivity index (χ0) is 11.5. The van der Waals surface area contributed by atoms with Gasteiger partial charge in [0, 0.05) is 0 Å². The smallest absolute Gasteiger partial charge is 0.309 e. The molecule has 0 rings (SSSR count). The maximum Gasteiger partial charge on any atom is 0.309 e. The molecule has 2 atom stereocenters. The topological polar surface area (TPSA) is 76.0 Å². The van der Waals surface area contributed by atoms with E-state index in [0.717, 1.165) is 6.16 Å². The predicted octanol–water partition coefficient (Wildman–Crippen LogP) is -0.402. The summed E-state index contributed by atoms with van der Waals surface area (Å²) in [5.41, 5.74) is 0. The second kappa shape index (κ2) is 10.3. The number of carbonyl (C=O) groups is 1. The number of carbonyl (C=O) groups excluding carboxylic acids is 1. The summed E-state index contributed by atoms with van der Waals surface area (Å²) in [5.74, 6) is -0.207. The highest BCUT2D eigenvalue weighted by Crippen LogP contribution is 2.07. The third-order valence-corrected chi connectivity index (χ3v) is 2.57. The molecule has 2 unspecified atom stereocenters. The van der Waals surface area contributed by atoms with Gasteiger partial charge in [-0.1, -0.05) is 6.92 Å². The summed E-state index contributed by atoms with van der Waals surface area (Å²) in [6.45, 7) is 2.20. The van der Waals surface area contributed by atoms with E-state index in [9.17, 15) is 4.79 Å². The summed E-state index contributed by atoms with van der Waals surface area (Å²) in [6.07, 6.45) is 0.603. The van der Waals surface area contributed by atoms with Crippen LogP contribution in [0.5, 0.6) is 0 Å². The van der Waals surface area contributed by atoms with Crippen LogP contribution in [0.3, 0.4) is 0 Å². The lowest BCUT2D eigenvalue weighted by atomic mass is 10.4. The fraction of sp³-hybridized carbons (Fsp3) is 0.889. The fourth-order valence-corrected chi connectivity index (χ4v) is 1.32. The molecule has 6 heteroatoms. The molecular formula is C9H19O5P. The highest BCUT2D eigenvalue weighted by Gasteiger charge is 2.03. The van der Waals surface area contributed by atoms with E-state index < -0.39 is 6.10 Å². The van der Waals surface area contributed by atoms with Crippen molar-refractivity contribution in [1.29, 1.82) is 0 Å². The highest BCUT2D eigenvalue weighted by molar-refractivity contribution is 7.39. The van der Waals surface area contributed by atoms with Crippen molar-refractivity contribution in [1.82, 2.24) is 0 Å². The van der Waals surface area contributed by atoms with Crippen LogP contribution < -0.4 is 0 Å². The third-order valence-electron chi connectivity index (χ3n) is 1.53. The maximum atomic E-state index is 11.0. The zero-order valence-corrected chi connectivity index (χ0v) is 9.94. The molecule has 0 heterocycles. The van der Waals surface area contributed by atoms with Crippen molar-refractivity contribution in [3.05, 3.63) is 0 Å². The number of rotatable bonds is 9. The summed E-state index contributed by atoms with van der Waals surface area (Å²) in [4.78, 5) is 11.0. The van der Waals surface area contributed by atoms with Gasteiger partial charge in [-0.2, -0.15) is 0 Å². The Morgan fingerprint density at radius 2 is 2.20 bits per heavy atom. The van der Waals surface area contributed by atoms with Crippen molar-refractivity contribution in [3.63, 3.8) is 0 Å². The molecule has 15 heavy (non-hydrogen) atoms. The molecule has 0 bridgehead atoms. The average molecular weight is 238 g/mol. The van der Waals surface area contributed by atoms with E-state index in [2.05, 4.69) is 0 Å². The average Bonchev–Trinajstić information content (AvgIpc) is 2.25. The van der Waals surface area contributed by atoms with Crippen LogP contribution in [-0.2, 0) is 14.3 Å². The molecule has 5 nitrogen and oxygen atoms in total. The summed E-state index contributed by atoms with van der Waals surface area (Å²) in [5, 5.41) is 17.4. The van der Waals surface area contributed by atoms with E-state index in [-0.39, 0.29) is 32.4 Å². The van der Waals surface area contributed by atoms with Gasteiger partial charge in [-0.3, -0.25) is 4.79 Å². The molecule has 0 saturated carbocycles. The Morgan fingerprint density at radius 3 is 2.80 bits per heavy atom. The molecule has 0 saturated heterocycles. The zero-order valence-electron chi connectivity index (χ0n) is 8.94. The van der Waals surface area contributed by atoms with Crippen LogP contribution in [-0.4, -0.2) is 61.0 Å². The molecule has 0 aliphatic carbocycles. The first kappa shape index (κ1) is 14.8. The van der Waals surface area contributed by atoms with Crippen LogP contribution in [0, 0.1) is 0 Å². The maximum absolute atomic E-state index is 11.0. The molecule has 0 fully saturated rings. The molecule has 0 spiro atoms. The number of aliphatic hydroxyl groups excluding tert-OH is 2. The van der Waals surface area contributed by atoms with Gasteiger partial charge in [0.15, 0.2) is 0 Å². The van der Waals surface area contributed by atoms with Crippen molar-refractivity contribution in [2.24, 2.45) is 0 Å². The lowest BCUT2D eigenvalue weighted by molar-refractivity contribution is -0.142. The summed E-state index contributed by atoms with van der Waals surface area (Å²) in [7, 11) is 0.615. The van der Waals surface area contributed by atoms with E-state index in [1.54, 1.807) is 0 Å². The Bertz CT molecular complexity index is 165. The van der Waals surface area contributed by atoms with Crippen molar-refractivity contribution in [3.8, 4) is 0 Å². The molecular weight excluding hydrogens is 219 g/mol.